The van der Waals surface area contributed by atoms with Crippen molar-refractivity contribution in [2.75, 3.05) is 18.0 Å². The van der Waals surface area contributed by atoms with Crippen LogP contribution in [0.4, 0.5) is 5.82 Å². The predicted octanol–water partition coefficient (Wildman–Crippen LogP) is 1.27. The molecule has 0 aromatic carbocycles. The summed E-state index contributed by atoms with van der Waals surface area (Å²) in [6.07, 6.45) is 3.61. The summed E-state index contributed by atoms with van der Waals surface area (Å²) in [6, 6.07) is 4.17. The quantitative estimate of drug-likeness (QED) is 0.913. The van der Waals surface area contributed by atoms with Crippen LogP contribution in [0.25, 0.3) is 0 Å². The zero-order valence-electron chi connectivity index (χ0n) is 14.3. The van der Waals surface area contributed by atoms with Gasteiger partial charge in [0.1, 0.15) is 24.0 Å². The number of piperidine rings is 1. The Bertz CT molecular complexity index is 793. The first-order valence-corrected chi connectivity index (χ1v) is 8.10. The van der Waals surface area contributed by atoms with Crippen LogP contribution in [0.15, 0.2) is 12.4 Å². The number of anilines is 1. The highest BCUT2D eigenvalue weighted by Gasteiger charge is 2.36. The SMILES string of the molecule is Cc1cc(C)c(C#N)c(N2CCCC(O)(Cc3nncn3C)C2)n1. The number of nitrogens with zero attached hydrogens (tertiary/aromatic N) is 6. The highest BCUT2D eigenvalue weighted by molar-refractivity contribution is 5.58. The van der Waals surface area contributed by atoms with Gasteiger partial charge in [-0.15, -0.1) is 10.2 Å². The first-order valence-electron chi connectivity index (χ1n) is 8.10. The molecule has 2 aromatic heterocycles. The van der Waals surface area contributed by atoms with Crippen molar-refractivity contribution in [3.05, 3.63) is 35.0 Å². The molecule has 1 aliphatic heterocycles. The zero-order chi connectivity index (χ0) is 17.3. The molecule has 0 aliphatic carbocycles. The fourth-order valence-electron chi connectivity index (χ4n) is 3.38. The zero-order valence-corrected chi connectivity index (χ0v) is 14.3. The summed E-state index contributed by atoms with van der Waals surface area (Å²) in [4.78, 5) is 6.59. The minimum Gasteiger partial charge on any atom is -0.388 e. The smallest absolute Gasteiger partial charge is 0.147 e. The molecule has 0 bridgehead atoms. The van der Waals surface area contributed by atoms with Crippen LogP contribution < -0.4 is 4.90 Å². The molecule has 1 N–H and O–H groups in total. The van der Waals surface area contributed by atoms with Crippen LogP contribution >= 0.6 is 0 Å². The number of aromatic nitrogens is 4. The summed E-state index contributed by atoms with van der Waals surface area (Å²) < 4.78 is 1.83. The number of aryl methyl sites for hydroxylation is 3. The van der Waals surface area contributed by atoms with Crippen molar-refractivity contribution in [1.82, 2.24) is 19.7 Å². The van der Waals surface area contributed by atoms with E-state index in [9.17, 15) is 10.4 Å². The third-order valence-corrected chi connectivity index (χ3v) is 4.58. The average Bonchev–Trinajstić information content (AvgIpc) is 2.91. The molecule has 1 saturated heterocycles. The third kappa shape index (κ3) is 3.10. The lowest BCUT2D eigenvalue weighted by molar-refractivity contribution is 0.0236. The molecular weight excluding hydrogens is 304 g/mol. The molecule has 0 radical (unpaired) electrons. The summed E-state index contributed by atoms with van der Waals surface area (Å²) >= 11 is 0. The molecule has 126 valence electrons. The van der Waals surface area contributed by atoms with E-state index < -0.39 is 5.60 Å². The first kappa shape index (κ1) is 16.4. The van der Waals surface area contributed by atoms with Gasteiger partial charge in [0, 0.05) is 32.3 Å². The Labute approximate surface area is 141 Å². The monoisotopic (exact) mass is 326 g/mol. The topological polar surface area (TPSA) is 90.9 Å². The highest BCUT2D eigenvalue weighted by atomic mass is 16.3. The number of nitriles is 1. The maximum absolute atomic E-state index is 11.1. The van der Waals surface area contributed by atoms with Gasteiger partial charge in [0.2, 0.25) is 0 Å². The summed E-state index contributed by atoms with van der Waals surface area (Å²) in [5.41, 5.74) is 1.49. The van der Waals surface area contributed by atoms with Gasteiger partial charge in [0.15, 0.2) is 0 Å². The molecule has 1 fully saturated rings. The minimum atomic E-state index is -0.898. The molecule has 7 nitrogen and oxygen atoms in total. The molecule has 1 atom stereocenters. The molecule has 2 aromatic rings. The summed E-state index contributed by atoms with van der Waals surface area (Å²) in [5, 5.41) is 28.5. The van der Waals surface area contributed by atoms with Crippen LogP contribution in [-0.2, 0) is 13.5 Å². The van der Waals surface area contributed by atoms with E-state index in [0.717, 1.165) is 30.0 Å². The maximum Gasteiger partial charge on any atom is 0.147 e. The van der Waals surface area contributed by atoms with Gasteiger partial charge in [-0.1, -0.05) is 0 Å². The lowest BCUT2D eigenvalue weighted by Gasteiger charge is -2.40. The molecule has 3 rings (SSSR count). The Hall–Kier alpha value is -2.46. The van der Waals surface area contributed by atoms with Crippen LogP contribution in [0, 0.1) is 25.2 Å². The van der Waals surface area contributed by atoms with Crippen molar-refractivity contribution in [3.63, 3.8) is 0 Å². The number of β-amino-alcohol motifs (C(OH)–C–C–N with tert-alkyl or cyclic N) is 1. The van der Waals surface area contributed by atoms with E-state index in [1.165, 1.54) is 0 Å². The van der Waals surface area contributed by atoms with Gasteiger partial charge in [-0.05, 0) is 38.3 Å². The van der Waals surface area contributed by atoms with Gasteiger partial charge in [-0.2, -0.15) is 5.26 Å². The van der Waals surface area contributed by atoms with Crippen LogP contribution in [0.3, 0.4) is 0 Å². The Morgan fingerprint density at radius 2 is 2.21 bits per heavy atom. The number of hydrogen-bond donors (Lipinski definition) is 1. The summed E-state index contributed by atoms with van der Waals surface area (Å²) in [5.74, 6) is 1.43. The summed E-state index contributed by atoms with van der Waals surface area (Å²) in [6.45, 7) is 5.07. The second kappa shape index (κ2) is 6.21. The Morgan fingerprint density at radius 3 is 2.88 bits per heavy atom. The Balaban J connectivity index is 1.89. The molecule has 1 unspecified atom stereocenters. The van der Waals surface area contributed by atoms with Crippen LogP contribution in [-0.4, -0.2) is 43.5 Å². The fourth-order valence-corrected chi connectivity index (χ4v) is 3.38. The molecule has 24 heavy (non-hydrogen) atoms. The molecule has 3 heterocycles. The lowest BCUT2D eigenvalue weighted by atomic mass is 9.89. The van der Waals surface area contributed by atoms with E-state index in [1.807, 2.05) is 36.4 Å². The van der Waals surface area contributed by atoms with Gasteiger partial charge in [0.05, 0.1) is 11.2 Å². The number of aliphatic hydroxyl groups is 1. The highest BCUT2D eigenvalue weighted by Crippen LogP contribution is 2.30. The molecular formula is C17H22N6O. The van der Waals surface area contributed by atoms with Crippen molar-refractivity contribution in [1.29, 1.82) is 5.26 Å². The number of hydrogen-bond acceptors (Lipinski definition) is 6. The van der Waals surface area contributed by atoms with E-state index >= 15 is 0 Å². The van der Waals surface area contributed by atoms with Gasteiger partial charge in [0.25, 0.3) is 0 Å². The van der Waals surface area contributed by atoms with Gasteiger partial charge < -0.3 is 14.6 Å². The number of rotatable bonds is 3. The van der Waals surface area contributed by atoms with Crippen molar-refractivity contribution >= 4 is 5.82 Å². The average molecular weight is 326 g/mol. The molecule has 0 amide bonds. The van der Waals surface area contributed by atoms with Crippen LogP contribution in [0.2, 0.25) is 0 Å². The third-order valence-electron chi connectivity index (χ3n) is 4.58. The molecule has 0 spiro atoms. The van der Waals surface area contributed by atoms with Crippen molar-refractivity contribution < 1.29 is 5.11 Å². The van der Waals surface area contributed by atoms with Crippen molar-refractivity contribution in [2.24, 2.45) is 7.05 Å². The normalized spacial score (nSPS) is 20.9. The van der Waals surface area contributed by atoms with Crippen LogP contribution in [0.5, 0.6) is 0 Å². The van der Waals surface area contributed by atoms with E-state index in [1.54, 1.807) is 6.33 Å². The molecule has 1 aliphatic rings. The van der Waals surface area contributed by atoms with Gasteiger partial charge >= 0.3 is 0 Å². The van der Waals surface area contributed by atoms with Crippen molar-refractivity contribution in [2.45, 2.75) is 38.7 Å². The van der Waals surface area contributed by atoms with Gasteiger partial charge in [-0.25, -0.2) is 4.98 Å². The lowest BCUT2D eigenvalue weighted by Crippen LogP contribution is -2.50. The van der Waals surface area contributed by atoms with E-state index in [0.29, 0.717) is 30.8 Å². The molecule has 7 heteroatoms. The maximum atomic E-state index is 11.1. The van der Waals surface area contributed by atoms with E-state index in [2.05, 4.69) is 21.3 Å². The summed E-state index contributed by atoms with van der Waals surface area (Å²) in [7, 11) is 1.87. The minimum absolute atomic E-state index is 0.435. The van der Waals surface area contributed by atoms with Gasteiger partial charge in [-0.3, -0.25) is 0 Å². The van der Waals surface area contributed by atoms with E-state index in [4.69, 9.17) is 0 Å². The second-order valence-electron chi connectivity index (χ2n) is 6.68. The number of pyridine rings is 1. The van der Waals surface area contributed by atoms with E-state index in [-0.39, 0.29) is 0 Å². The largest absolute Gasteiger partial charge is 0.388 e. The Kier molecular flexibility index (Phi) is 4.24. The van der Waals surface area contributed by atoms with Crippen LogP contribution in [0.1, 0.15) is 35.5 Å². The standard InChI is InChI=1S/C17H22N6O/c1-12-7-13(2)20-16(14(12)9-18)23-6-4-5-17(24,10-23)8-15-21-19-11-22(15)3/h7,11,24H,4-6,8,10H2,1-3H3. The second-order valence-corrected chi connectivity index (χ2v) is 6.68. The first-order chi connectivity index (χ1) is 11.4. The van der Waals surface area contributed by atoms with Crippen molar-refractivity contribution in [3.8, 4) is 6.07 Å². The predicted molar refractivity (Wildman–Crippen MR) is 89.5 cm³/mol. The molecule has 0 saturated carbocycles. The Morgan fingerprint density at radius 1 is 1.42 bits per heavy atom. The fraction of sp³-hybridized carbons (Fsp3) is 0.529.